The van der Waals surface area contributed by atoms with Crippen LogP contribution in [0, 0.1) is 12.7 Å². The van der Waals surface area contributed by atoms with E-state index in [4.69, 9.17) is 0 Å². The third-order valence-electron chi connectivity index (χ3n) is 2.46. The minimum absolute atomic E-state index is 0.182. The van der Waals surface area contributed by atoms with E-state index in [9.17, 15) is 4.39 Å². The van der Waals surface area contributed by atoms with E-state index in [-0.39, 0.29) is 5.82 Å². The number of hydrogen-bond donors (Lipinski definition) is 0. The standard InChI is InChI=1S/C13H13FN/c1-10-7-8-15(2)13(9-10)11-5-3-4-6-12(11)14/h3-9H,1-2H3/q+1. The average Bonchev–Trinajstić information content (AvgIpc) is 2.23. The first-order valence-electron chi connectivity index (χ1n) is 4.89. The van der Waals surface area contributed by atoms with Gasteiger partial charge in [0.25, 0.3) is 0 Å². The van der Waals surface area contributed by atoms with Crippen molar-refractivity contribution in [1.82, 2.24) is 0 Å². The highest BCUT2D eigenvalue weighted by Crippen LogP contribution is 2.19. The molecular weight excluding hydrogens is 189 g/mol. The number of halogens is 1. The van der Waals surface area contributed by atoms with Gasteiger partial charge in [-0.3, -0.25) is 0 Å². The third-order valence-corrected chi connectivity index (χ3v) is 2.46. The van der Waals surface area contributed by atoms with Gasteiger partial charge >= 0.3 is 0 Å². The van der Waals surface area contributed by atoms with Crippen LogP contribution >= 0.6 is 0 Å². The fourth-order valence-corrected chi connectivity index (χ4v) is 1.61. The molecule has 0 atom stereocenters. The van der Waals surface area contributed by atoms with Crippen LogP contribution in [0.3, 0.4) is 0 Å². The smallest absolute Gasteiger partial charge is 0.206 e. The molecule has 0 saturated carbocycles. The SMILES string of the molecule is Cc1cc[n+](C)c(-c2ccccc2F)c1. The Balaban J connectivity index is 2.64. The maximum Gasteiger partial charge on any atom is 0.215 e. The second kappa shape index (κ2) is 3.81. The third kappa shape index (κ3) is 1.89. The van der Waals surface area contributed by atoms with Crippen molar-refractivity contribution in [3.63, 3.8) is 0 Å². The van der Waals surface area contributed by atoms with E-state index in [1.807, 2.05) is 42.9 Å². The van der Waals surface area contributed by atoms with E-state index in [0.717, 1.165) is 11.3 Å². The minimum atomic E-state index is -0.182. The van der Waals surface area contributed by atoms with E-state index < -0.39 is 0 Å². The van der Waals surface area contributed by atoms with Gasteiger partial charge in [0.15, 0.2) is 6.20 Å². The lowest BCUT2D eigenvalue weighted by molar-refractivity contribution is -0.660. The molecule has 0 radical (unpaired) electrons. The van der Waals surface area contributed by atoms with Crippen LogP contribution in [0.2, 0.25) is 0 Å². The number of nitrogens with zero attached hydrogens (tertiary/aromatic N) is 1. The van der Waals surface area contributed by atoms with Crippen LogP contribution in [-0.4, -0.2) is 0 Å². The van der Waals surface area contributed by atoms with Crippen LogP contribution in [0.5, 0.6) is 0 Å². The number of pyridine rings is 1. The summed E-state index contributed by atoms with van der Waals surface area (Å²) < 4.78 is 15.5. The van der Waals surface area contributed by atoms with Crippen LogP contribution in [0.15, 0.2) is 42.6 Å². The Morgan fingerprint density at radius 3 is 2.60 bits per heavy atom. The molecule has 1 aromatic heterocycles. The normalized spacial score (nSPS) is 10.3. The Labute approximate surface area is 88.8 Å². The van der Waals surface area contributed by atoms with Crippen molar-refractivity contribution < 1.29 is 8.96 Å². The summed E-state index contributed by atoms with van der Waals surface area (Å²) in [7, 11) is 1.92. The number of benzene rings is 1. The number of rotatable bonds is 1. The molecule has 0 bridgehead atoms. The Bertz CT molecular complexity index is 492. The zero-order chi connectivity index (χ0) is 10.8. The van der Waals surface area contributed by atoms with Gasteiger partial charge in [-0.1, -0.05) is 12.1 Å². The van der Waals surface area contributed by atoms with Crippen LogP contribution in [0.1, 0.15) is 5.56 Å². The lowest BCUT2D eigenvalue weighted by atomic mass is 10.1. The zero-order valence-electron chi connectivity index (χ0n) is 8.87. The summed E-state index contributed by atoms with van der Waals surface area (Å²) in [5.41, 5.74) is 2.67. The van der Waals surface area contributed by atoms with Gasteiger partial charge in [0, 0.05) is 12.1 Å². The Kier molecular flexibility index (Phi) is 2.50. The summed E-state index contributed by atoms with van der Waals surface area (Å²) in [5, 5.41) is 0. The summed E-state index contributed by atoms with van der Waals surface area (Å²) in [4.78, 5) is 0. The average molecular weight is 202 g/mol. The molecule has 76 valence electrons. The summed E-state index contributed by atoms with van der Waals surface area (Å²) in [6.45, 7) is 2.00. The second-order valence-corrected chi connectivity index (χ2v) is 3.68. The number of aromatic nitrogens is 1. The predicted molar refractivity (Wildman–Crippen MR) is 57.7 cm³/mol. The zero-order valence-corrected chi connectivity index (χ0v) is 8.87. The molecule has 0 aliphatic heterocycles. The van der Waals surface area contributed by atoms with Crippen LogP contribution < -0.4 is 4.57 Å². The first-order chi connectivity index (χ1) is 7.18. The second-order valence-electron chi connectivity index (χ2n) is 3.68. The summed E-state index contributed by atoms with van der Waals surface area (Å²) >= 11 is 0. The van der Waals surface area contributed by atoms with Gasteiger partial charge < -0.3 is 0 Å². The summed E-state index contributed by atoms with van der Waals surface area (Å²) in [5.74, 6) is -0.182. The quantitative estimate of drug-likeness (QED) is 0.626. The minimum Gasteiger partial charge on any atom is -0.206 e. The number of hydrogen-bond acceptors (Lipinski definition) is 0. The van der Waals surface area contributed by atoms with Gasteiger partial charge in [-0.2, -0.15) is 0 Å². The highest BCUT2D eigenvalue weighted by molar-refractivity contribution is 5.57. The fraction of sp³-hybridized carbons (Fsp3) is 0.154. The number of aryl methyl sites for hydroxylation is 2. The molecule has 0 amide bonds. The maximum atomic E-state index is 13.6. The van der Waals surface area contributed by atoms with Crippen molar-refractivity contribution in [2.75, 3.05) is 0 Å². The van der Waals surface area contributed by atoms with Gasteiger partial charge in [0.05, 0.1) is 5.56 Å². The molecule has 0 aliphatic carbocycles. The molecule has 1 heterocycles. The summed E-state index contributed by atoms with van der Waals surface area (Å²) in [6.07, 6.45) is 1.94. The van der Waals surface area contributed by atoms with Crippen molar-refractivity contribution in [2.45, 2.75) is 6.92 Å². The summed E-state index contributed by atoms with van der Waals surface area (Å²) in [6, 6.07) is 10.8. The van der Waals surface area contributed by atoms with Gasteiger partial charge in [0.2, 0.25) is 5.69 Å². The highest BCUT2D eigenvalue weighted by Gasteiger charge is 2.13. The monoisotopic (exact) mass is 202 g/mol. The van der Waals surface area contributed by atoms with Gasteiger partial charge in [0.1, 0.15) is 12.9 Å². The molecule has 0 N–H and O–H groups in total. The Morgan fingerprint density at radius 1 is 1.13 bits per heavy atom. The van der Waals surface area contributed by atoms with Crippen LogP contribution in [0.4, 0.5) is 4.39 Å². The Hall–Kier alpha value is -1.70. The van der Waals surface area contributed by atoms with E-state index >= 15 is 0 Å². The Morgan fingerprint density at radius 2 is 1.87 bits per heavy atom. The van der Waals surface area contributed by atoms with E-state index in [1.165, 1.54) is 6.07 Å². The molecule has 1 aromatic carbocycles. The molecule has 2 rings (SSSR count). The van der Waals surface area contributed by atoms with Crippen molar-refractivity contribution in [1.29, 1.82) is 0 Å². The maximum absolute atomic E-state index is 13.6. The van der Waals surface area contributed by atoms with Gasteiger partial charge in [-0.25, -0.2) is 8.96 Å². The molecule has 2 heteroatoms. The topological polar surface area (TPSA) is 3.88 Å². The van der Waals surface area contributed by atoms with Crippen LogP contribution in [0.25, 0.3) is 11.3 Å². The molecular formula is C13H13FN+. The first-order valence-corrected chi connectivity index (χ1v) is 4.89. The fourth-order valence-electron chi connectivity index (χ4n) is 1.61. The van der Waals surface area contributed by atoms with E-state index in [1.54, 1.807) is 12.1 Å². The lowest BCUT2D eigenvalue weighted by Gasteiger charge is -2.02. The molecule has 0 spiro atoms. The lowest BCUT2D eigenvalue weighted by Crippen LogP contribution is -2.30. The highest BCUT2D eigenvalue weighted by atomic mass is 19.1. The largest absolute Gasteiger partial charge is 0.215 e. The molecule has 0 aliphatic rings. The van der Waals surface area contributed by atoms with Crippen molar-refractivity contribution >= 4 is 0 Å². The molecule has 2 aromatic rings. The molecule has 1 nitrogen and oxygen atoms in total. The van der Waals surface area contributed by atoms with E-state index in [0.29, 0.717) is 5.56 Å². The molecule has 0 unspecified atom stereocenters. The first kappa shape index (κ1) is 9.84. The van der Waals surface area contributed by atoms with Crippen molar-refractivity contribution in [3.8, 4) is 11.3 Å². The van der Waals surface area contributed by atoms with Crippen LogP contribution in [-0.2, 0) is 7.05 Å². The predicted octanol–water partition coefficient (Wildman–Crippen LogP) is 2.63. The molecule has 0 saturated heterocycles. The van der Waals surface area contributed by atoms with Gasteiger partial charge in [-0.15, -0.1) is 0 Å². The van der Waals surface area contributed by atoms with Gasteiger partial charge in [-0.05, 0) is 24.6 Å². The van der Waals surface area contributed by atoms with E-state index in [2.05, 4.69) is 0 Å². The molecule has 0 fully saturated rings. The molecule has 15 heavy (non-hydrogen) atoms. The van der Waals surface area contributed by atoms with Crippen molar-refractivity contribution in [2.24, 2.45) is 7.05 Å². The van der Waals surface area contributed by atoms with Crippen molar-refractivity contribution in [3.05, 3.63) is 54.0 Å².